The first kappa shape index (κ1) is 23.5. The highest BCUT2D eigenvalue weighted by Crippen LogP contribution is 2.19. The van der Waals surface area contributed by atoms with Crippen LogP contribution in [0.25, 0.3) is 16.9 Å². The SMILES string of the molecule is CC(C)CCn1c(=O)c2c(ncn2CCOc2ccccc2)n(-c2ccc(C(C)C)cc2)c1=O. The first-order valence-corrected chi connectivity index (χ1v) is 11.9. The Morgan fingerprint density at radius 3 is 2.26 bits per heavy atom. The van der Waals surface area contributed by atoms with Gasteiger partial charge in [-0.15, -0.1) is 0 Å². The maximum Gasteiger partial charge on any atom is 0.337 e. The van der Waals surface area contributed by atoms with Crippen LogP contribution in [0.3, 0.4) is 0 Å². The van der Waals surface area contributed by atoms with Crippen LogP contribution in [0.4, 0.5) is 0 Å². The monoisotopic (exact) mass is 460 g/mol. The van der Waals surface area contributed by atoms with Crippen LogP contribution in [0.2, 0.25) is 0 Å². The fourth-order valence-electron chi connectivity index (χ4n) is 3.95. The van der Waals surface area contributed by atoms with Gasteiger partial charge in [0.05, 0.1) is 18.6 Å². The maximum absolute atomic E-state index is 13.5. The third-order valence-corrected chi connectivity index (χ3v) is 5.99. The van der Waals surface area contributed by atoms with Crippen LogP contribution in [0.1, 0.15) is 45.6 Å². The molecule has 0 radical (unpaired) electrons. The van der Waals surface area contributed by atoms with Gasteiger partial charge < -0.3 is 9.30 Å². The lowest BCUT2D eigenvalue weighted by Crippen LogP contribution is -2.40. The van der Waals surface area contributed by atoms with Crippen molar-refractivity contribution in [3.8, 4) is 11.4 Å². The number of aromatic nitrogens is 4. The minimum atomic E-state index is -0.360. The van der Waals surface area contributed by atoms with Crippen molar-refractivity contribution >= 4 is 11.2 Å². The summed E-state index contributed by atoms with van der Waals surface area (Å²) in [5.41, 5.74) is 1.99. The Morgan fingerprint density at radius 2 is 1.62 bits per heavy atom. The first-order chi connectivity index (χ1) is 16.4. The lowest BCUT2D eigenvalue weighted by Gasteiger charge is -2.14. The van der Waals surface area contributed by atoms with Gasteiger partial charge in [0, 0.05) is 6.54 Å². The second-order valence-electron chi connectivity index (χ2n) is 9.28. The topological polar surface area (TPSA) is 71.0 Å². The van der Waals surface area contributed by atoms with Crippen LogP contribution in [0.5, 0.6) is 5.75 Å². The molecule has 7 heteroatoms. The van der Waals surface area contributed by atoms with E-state index in [-0.39, 0.29) is 11.2 Å². The molecule has 2 aromatic heterocycles. The normalized spacial score (nSPS) is 11.6. The average molecular weight is 461 g/mol. The Kier molecular flexibility index (Phi) is 7.01. The standard InChI is InChI=1S/C27H32N4O3/c1-19(2)14-15-30-26(32)24-25(28-18-29(24)16-17-34-23-8-6-5-7-9-23)31(27(30)33)22-12-10-21(11-13-22)20(3)4/h5-13,18-20H,14-17H2,1-4H3. The number of hydrogen-bond acceptors (Lipinski definition) is 4. The minimum Gasteiger partial charge on any atom is -0.492 e. The van der Waals surface area contributed by atoms with Gasteiger partial charge in [-0.2, -0.15) is 0 Å². The van der Waals surface area contributed by atoms with Crippen LogP contribution in [0, 0.1) is 5.92 Å². The number of rotatable bonds is 9. The van der Waals surface area contributed by atoms with E-state index in [1.54, 1.807) is 15.5 Å². The van der Waals surface area contributed by atoms with E-state index in [0.717, 1.165) is 12.2 Å². The third-order valence-electron chi connectivity index (χ3n) is 5.99. The van der Waals surface area contributed by atoms with Crippen molar-refractivity contribution in [2.45, 2.75) is 53.1 Å². The van der Waals surface area contributed by atoms with Crippen molar-refractivity contribution in [2.75, 3.05) is 6.61 Å². The lowest BCUT2D eigenvalue weighted by atomic mass is 10.0. The van der Waals surface area contributed by atoms with Crippen LogP contribution >= 0.6 is 0 Å². The Labute approximate surface area is 199 Å². The highest BCUT2D eigenvalue weighted by atomic mass is 16.5. The van der Waals surface area contributed by atoms with Crippen molar-refractivity contribution in [3.63, 3.8) is 0 Å². The van der Waals surface area contributed by atoms with E-state index in [1.165, 1.54) is 10.1 Å². The summed E-state index contributed by atoms with van der Waals surface area (Å²) in [5.74, 6) is 1.52. The molecule has 4 rings (SSSR count). The van der Waals surface area contributed by atoms with Crippen LogP contribution < -0.4 is 16.0 Å². The molecule has 0 aliphatic carbocycles. The number of imidazole rings is 1. The van der Waals surface area contributed by atoms with Gasteiger partial charge in [-0.25, -0.2) is 14.3 Å². The molecule has 0 fully saturated rings. The predicted molar refractivity (Wildman–Crippen MR) is 135 cm³/mol. The molecule has 0 saturated carbocycles. The second-order valence-corrected chi connectivity index (χ2v) is 9.28. The maximum atomic E-state index is 13.5. The first-order valence-electron chi connectivity index (χ1n) is 11.9. The minimum absolute atomic E-state index is 0.312. The van der Waals surface area contributed by atoms with Crippen molar-refractivity contribution in [1.82, 2.24) is 18.7 Å². The van der Waals surface area contributed by atoms with Crippen molar-refractivity contribution in [3.05, 3.63) is 87.3 Å². The Hall–Kier alpha value is -3.61. The molecule has 2 aromatic carbocycles. The molecule has 0 atom stereocenters. The molecule has 7 nitrogen and oxygen atoms in total. The number of fused-ring (bicyclic) bond motifs is 1. The summed E-state index contributed by atoms with van der Waals surface area (Å²) in [7, 11) is 0. The van der Waals surface area contributed by atoms with Crippen molar-refractivity contribution in [2.24, 2.45) is 5.92 Å². The van der Waals surface area contributed by atoms with E-state index in [2.05, 4.69) is 32.7 Å². The third kappa shape index (κ3) is 4.83. The number of ether oxygens (including phenoxy) is 1. The number of hydrogen-bond donors (Lipinski definition) is 0. The zero-order valence-electron chi connectivity index (χ0n) is 20.3. The Bertz CT molecular complexity index is 1360. The lowest BCUT2D eigenvalue weighted by molar-refractivity contribution is 0.300. The molecular formula is C27H32N4O3. The molecule has 0 N–H and O–H groups in total. The largest absolute Gasteiger partial charge is 0.492 e. The summed E-state index contributed by atoms with van der Waals surface area (Å²) in [6.07, 6.45) is 2.35. The smallest absolute Gasteiger partial charge is 0.337 e. The highest BCUT2D eigenvalue weighted by Gasteiger charge is 2.19. The van der Waals surface area contributed by atoms with Crippen LogP contribution in [0.15, 0.2) is 70.5 Å². The van der Waals surface area contributed by atoms with Gasteiger partial charge in [0.15, 0.2) is 11.2 Å². The average Bonchev–Trinajstić information content (AvgIpc) is 3.23. The summed E-state index contributed by atoms with van der Waals surface area (Å²) in [6.45, 7) is 9.60. The quantitative estimate of drug-likeness (QED) is 0.366. The molecule has 0 aliphatic rings. The summed E-state index contributed by atoms with van der Waals surface area (Å²) >= 11 is 0. The highest BCUT2D eigenvalue weighted by molar-refractivity contribution is 5.72. The Balaban J connectivity index is 1.78. The van der Waals surface area contributed by atoms with E-state index in [1.807, 2.05) is 54.6 Å². The molecule has 0 bridgehead atoms. The number of nitrogens with zero attached hydrogens (tertiary/aromatic N) is 4. The Morgan fingerprint density at radius 1 is 0.912 bits per heavy atom. The molecule has 34 heavy (non-hydrogen) atoms. The van der Waals surface area contributed by atoms with Gasteiger partial charge in [-0.1, -0.05) is 58.0 Å². The molecule has 0 saturated heterocycles. The number of benzene rings is 2. The number of para-hydroxylation sites is 1. The molecular weight excluding hydrogens is 428 g/mol. The molecule has 0 unspecified atom stereocenters. The molecule has 4 aromatic rings. The zero-order chi connectivity index (χ0) is 24.2. The molecule has 178 valence electrons. The molecule has 0 spiro atoms. The van der Waals surface area contributed by atoms with Crippen molar-refractivity contribution < 1.29 is 4.74 Å². The van der Waals surface area contributed by atoms with E-state index >= 15 is 0 Å². The van der Waals surface area contributed by atoms with E-state index in [0.29, 0.717) is 48.4 Å². The fraction of sp³-hybridized carbons (Fsp3) is 0.370. The zero-order valence-corrected chi connectivity index (χ0v) is 20.3. The van der Waals surface area contributed by atoms with Crippen LogP contribution in [-0.2, 0) is 13.1 Å². The molecule has 0 amide bonds. The summed E-state index contributed by atoms with van der Waals surface area (Å²) in [6, 6.07) is 17.4. The van der Waals surface area contributed by atoms with Gasteiger partial charge in [0.25, 0.3) is 5.56 Å². The van der Waals surface area contributed by atoms with Gasteiger partial charge in [-0.3, -0.25) is 9.36 Å². The molecule has 0 aliphatic heterocycles. The summed E-state index contributed by atoms with van der Waals surface area (Å²) in [5, 5.41) is 0. The van der Waals surface area contributed by atoms with E-state index in [4.69, 9.17) is 4.74 Å². The van der Waals surface area contributed by atoms with Crippen LogP contribution in [-0.4, -0.2) is 25.3 Å². The van der Waals surface area contributed by atoms with E-state index in [9.17, 15) is 9.59 Å². The fourth-order valence-corrected chi connectivity index (χ4v) is 3.95. The summed E-state index contributed by atoms with van der Waals surface area (Å²) < 4.78 is 10.5. The predicted octanol–water partition coefficient (Wildman–Crippen LogP) is 4.60. The van der Waals surface area contributed by atoms with Crippen molar-refractivity contribution in [1.29, 1.82) is 0 Å². The van der Waals surface area contributed by atoms with E-state index < -0.39 is 0 Å². The summed E-state index contributed by atoms with van der Waals surface area (Å²) in [4.78, 5) is 31.4. The van der Waals surface area contributed by atoms with Gasteiger partial charge in [0.2, 0.25) is 0 Å². The van der Waals surface area contributed by atoms with Gasteiger partial charge in [-0.05, 0) is 48.1 Å². The van der Waals surface area contributed by atoms with Gasteiger partial charge in [0.1, 0.15) is 12.4 Å². The second kappa shape index (κ2) is 10.1. The molecule has 2 heterocycles. The van der Waals surface area contributed by atoms with Gasteiger partial charge >= 0.3 is 5.69 Å².